The molecule has 2 aromatic rings. The average molecular weight is 287 g/mol. The summed E-state index contributed by atoms with van der Waals surface area (Å²) in [7, 11) is 1.97. The third-order valence-electron chi connectivity index (χ3n) is 3.88. The Hall–Kier alpha value is -1.51. The molecule has 1 aliphatic heterocycles. The highest BCUT2D eigenvalue weighted by atomic mass is 35.5. The van der Waals surface area contributed by atoms with Gasteiger partial charge in [0, 0.05) is 19.6 Å². The number of halogens is 1. The summed E-state index contributed by atoms with van der Waals surface area (Å²) in [6.07, 6.45) is 1.08. The van der Waals surface area contributed by atoms with Gasteiger partial charge in [-0.05, 0) is 36.2 Å². The lowest BCUT2D eigenvalue weighted by Crippen LogP contribution is -2.31. The Bertz CT molecular complexity index is 610. The van der Waals surface area contributed by atoms with Crippen LogP contribution < -0.4 is 10.2 Å². The highest BCUT2D eigenvalue weighted by Crippen LogP contribution is 2.33. The van der Waals surface area contributed by atoms with Gasteiger partial charge in [-0.2, -0.15) is 0 Å². The fourth-order valence-electron chi connectivity index (χ4n) is 2.93. The maximum absolute atomic E-state index is 6.46. The molecule has 0 unspecified atom stereocenters. The summed E-state index contributed by atoms with van der Waals surface area (Å²) in [6.45, 7) is 2.81. The quantitative estimate of drug-likeness (QED) is 0.927. The van der Waals surface area contributed by atoms with Gasteiger partial charge in [-0.15, -0.1) is 0 Å². The van der Waals surface area contributed by atoms with E-state index in [1.54, 1.807) is 0 Å². The minimum atomic E-state index is 0.841. The van der Waals surface area contributed by atoms with E-state index < -0.39 is 0 Å². The molecule has 1 aliphatic rings. The summed E-state index contributed by atoms with van der Waals surface area (Å²) in [4.78, 5) is 2.40. The van der Waals surface area contributed by atoms with Crippen molar-refractivity contribution in [2.24, 2.45) is 0 Å². The predicted molar refractivity (Wildman–Crippen MR) is 85.4 cm³/mol. The second kappa shape index (κ2) is 5.86. The van der Waals surface area contributed by atoms with Crippen molar-refractivity contribution in [2.45, 2.75) is 19.5 Å². The van der Waals surface area contributed by atoms with E-state index in [0.29, 0.717) is 0 Å². The van der Waals surface area contributed by atoms with Crippen LogP contribution in [0.15, 0.2) is 42.5 Å². The van der Waals surface area contributed by atoms with E-state index in [4.69, 9.17) is 11.6 Å². The summed E-state index contributed by atoms with van der Waals surface area (Å²) in [5, 5.41) is 4.07. The molecular formula is C17H19ClN2. The normalized spacial score (nSPS) is 14.2. The topological polar surface area (TPSA) is 15.3 Å². The van der Waals surface area contributed by atoms with Gasteiger partial charge in [0.05, 0.1) is 10.7 Å². The number of fused-ring (bicyclic) bond motifs is 1. The zero-order valence-corrected chi connectivity index (χ0v) is 12.5. The molecule has 0 atom stereocenters. The summed E-state index contributed by atoms with van der Waals surface area (Å²) in [6, 6.07) is 14.8. The molecule has 1 heterocycles. The highest BCUT2D eigenvalue weighted by molar-refractivity contribution is 6.33. The second-order valence-corrected chi connectivity index (χ2v) is 5.63. The molecule has 20 heavy (non-hydrogen) atoms. The monoisotopic (exact) mass is 286 g/mol. The number of para-hydroxylation sites is 1. The van der Waals surface area contributed by atoms with Gasteiger partial charge in [-0.1, -0.05) is 48.0 Å². The molecule has 104 valence electrons. The van der Waals surface area contributed by atoms with Crippen LogP contribution in [0.2, 0.25) is 5.02 Å². The van der Waals surface area contributed by atoms with Crippen LogP contribution in [-0.2, 0) is 19.5 Å². The lowest BCUT2D eigenvalue weighted by atomic mass is 9.98. The first-order valence-electron chi connectivity index (χ1n) is 7.03. The van der Waals surface area contributed by atoms with Gasteiger partial charge < -0.3 is 10.2 Å². The molecule has 0 bridgehead atoms. The fourth-order valence-corrected chi connectivity index (χ4v) is 3.25. The van der Waals surface area contributed by atoms with Gasteiger partial charge in [0.15, 0.2) is 0 Å². The number of nitrogens with zero attached hydrogens (tertiary/aromatic N) is 1. The molecule has 0 aromatic heterocycles. The SMILES string of the molecule is CNCc1cccc(Cl)c1N1CCc2ccccc2C1. The summed E-state index contributed by atoms with van der Waals surface area (Å²) in [5.41, 5.74) is 5.32. The first kappa shape index (κ1) is 13.5. The van der Waals surface area contributed by atoms with Gasteiger partial charge in [0.25, 0.3) is 0 Å². The standard InChI is InChI=1S/C17H19ClN2/c1-19-11-14-7-4-8-16(18)17(14)20-10-9-13-5-2-3-6-15(13)12-20/h2-8,19H,9-12H2,1H3. The van der Waals surface area contributed by atoms with Gasteiger partial charge in [0.2, 0.25) is 0 Å². The number of hydrogen-bond donors (Lipinski definition) is 1. The maximum Gasteiger partial charge on any atom is 0.0643 e. The van der Waals surface area contributed by atoms with Crippen LogP contribution >= 0.6 is 11.6 Å². The molecule has 0 fully saturated rings. The van der Waals surface area contributed by atoms with Gasteiger partial charge in [0.1, 0.15) is 0 Å². The molecule has 0 radical (unpaired) electrons. The lowest BCUT2D eigenvalue weighted by molar-refractivity contribution is 0.720. The van der Waals surface area contributed by atoms with Crippen LogP contribution in [-0.4, -0.2) is 13.6 Å². The maximum atomic E-state index is 6.46. The molecule has 0 spiro atoms. The number of nitrogens with one attached hydrogen (secondary N) is 1. The highest BCUT2D eigenvalue weighted by Gasteiger charge is 2.20. The predicted octanol–water partition coefficient (Wildman–Crippen LogP) is 3.62. The van der Waals surface area contributed by atoms with Crippen molar-refractivity contribution in [1.82, 2.24) is 5.32 Å². The van der Waals surface area contributed by atoms with Crippen molar-refractivity contribution in [2.75, 3.05) is 18.5 Å². The minimum absolute atomic E-state index is 0.841. The van der Waals surface area contributed by atoms with Crippen LogP contribution in [0.4, 0.5) is 5.69 Å². The van der Waals surface area contributed by atoms with Crippen molar-refractivity contribution in [3.05, 3.63) is 64.2 Å². The zero-order chi connectivity index (χ0) is 13.9. The van der Waals surface area contributed by atoms with E-state index in [1.807, 2.05) is 19.2 Å². The number of anilines is 1. The zero-order valence-electron chi connectivity index (χ0n) is 11.7. The van der Waals surface area contributed by atoms with Crippen LogP contribution in [0.3, 0.4) is 0 Å². The van der Waals surface area contributed by atoms with Crippen molar-refractivity contribution >= 4 is 17.3 Å². The van der Waals surface area contributed by atoms with E-state index in [0.717, 1.165) is 31.1 Å². The first-order valence-corrected chi connectivity index (χ1v) is 7.41. The van der Waals surface area contributed by atoms with E-state index in [2.05, 4.69) is 40.5 Å². The third-order valence-corrected chi connectivity index (χ3v) is 4.19. The lowest BCUT2D eigenvalue weighted by Gasteiger charge is -2.33. The molecule has 2 nitrogen and oxygen atoms in total. The van der Waals surface area contributed by atoms with Crippen LogP contribution in [0.1, 0.15) is 16.7 Å². The van der Waals surface area contributed by atoms with Gasteiger partial charge in [-0.25, -0.2) is 0 Å². The Morgan fingerprint density at radius 3 is 2.70 bits per heavy atom. The van der Waals surface area contributed by atoms with Crippen molar-refractivity contribution in [3.63, 3.8) is 0 Å². The molecule has 3 rings (SSSR count). The van der Waals surface area contributed by atoms with Crippen LogP contribution in [0.5, 0.6) is 0 Å². The fraction of sp³-hybridized carbons (Fsp3) is 0.294. The smallest absolute Gasteiger partial charge is 0.0643 e. The molecule has 0 saturated carbocycles. The van der Waals surface area contributed by atoms with Crippen LogP contribution in [0.25, 0.3) is 0 Å². The Kier molecular flexibility index (Phi) is 3.95. The molecule has 0 amide bonds. The molecule has 0 saturated heterocycles. The summed E-state index contributed by atoms with van der Waals surface area (Å²) < 4.78 is 0. The molecule has 0 aliphatic carbocycles. The van der Waals surface area contributed by atoms with Crippen molar-refractivity contribution in [3.8, 4) is 0 Å². The summed E-state index contributed by atoms with van der Waals surface area (Å²) in [5.74, 6) is 0. The van der Waals surface area contributed by atoms with Crippen molar-refractivity contribution in [1.29, 1.82) is 0 Å². The Balaban J connectivity index is 1.95. The van der Waals surface area contributed by atoms with Crippen molar-refractivity contribution < 1.29 is 0 Å². The Morgan fingerprint density at radius 2 is 1.90 bits per heavy atom. The number of hydrogen-bond acceptors (Lipinski definition) is 2. The minimum Gasteiger partial charge on any atom is -0.365 e. The van der Waals surface area contributed by atoms with Gasteiger partial charge >= 0.3 is 0 Å². The Labute approximate surface area is 125 Å². The van der Waals surface area contributed by atoms with Gasteiger partial charge in [-0.3, -0.25) is 0 Å². The third kappa shape index (κ3) is 2.54. The second-order valence-electron chi connectivity index (χ2n) is 5.22. The Morgan fingerprint density at radius 1 is 1.10 bits per heavy atom. The molecule has 2 aromatic carbocycles. The van der Waals surface area contributed by atoms with E-state index in [-0.39, 0.29) is 0 Å². The molecular weight excluding hydrogens is 268 g/mol. The number of benzene rings is 2. The van der Waals surface area contributed by atoms with E-state index >= 15 is 0 Å². The average Bonchev–Trinajstić information content (AvgIpc) is 2.47. The molecule has 1 N–H and O–H groups in total. The summed E-state index contributed by atoms with van der Waals surface area (Å²) >= 11 is 6.46. The van der Waals surface area contributed by atoms with E-state index in [1.165, 1.54) is 22.4 Å². The van der Waals surface area contributed by atoms with Crippen LogP contribution in [0, 0.1) is 0 Å². The van der Waals surface area contributed by atoms with E-state index in [9.17, 15) is 0 Å². The first-order chi connectivity index (χ1) is 9.79. The number of rotatable bonds is 3. The molecule has 3 heteroatoms. The largest absolute Gasteiger partial charge is 0.365 e.